The number of carbonyl (C=O) groups is 1. The molecule has 1 fully saturated rings. The summed E-state index contributed by atoms with van der Waals surface area (Å²) in [6.45, 7) is 12.3. The molecule has 1 amide bonds. The summed E-state index contributed by atoms with van der Waals surface area (Å²) in [5.41, 5.74) is 0.0460. The van der Waals surface area contributed by atoms with Crippen LogP contribution in [0.1, 0.15) is 47.0 Å². The average molecular weight is 224 g/mol. The Bertz CT molecular complexity index is 278. The first kappa shape index (κ1) is 13.2. The molecule has 0 radical (unpaired) electrons. The molecule has 0 aliphatic carbocycles. The fourth-order valence-corrected chi connectivity index (χ4v) is 3.03. The molecule has 92 valence electrons. The lowest BCUT2D eigenvalue weighted by Crippen LogP contribution is -2.65. The number of hydrazine groups is 1. The minimum Gasteiger partial charge on any atom is -0.274 e. The summed E-state index contributed by atoms with van der Waals surface area (Å²) in [6.07, 6.45) is 4.82. The smallest absolute Gasteiger partial charge is 0.260 e. The summed E-state index contributed by atoms with van der Waals surface area (Å²) < 4.78 is 0. The zero-order valence-electron chi connectivity index (χ0n) is 11.2. The molecule has 0 aromatic carbocycles. The van der Waals surface area contributed by atoms with E-state index in [1.165, 1.54) is 12.5 Å². The average Bonchev–Trinajstić information content (AvgIpc) is 2.13. The molecule has 1 aliphatic heterocycles. The Labute approximate surface area is 99.1 Å². The zero-order chi connectivity index (χ0) is 12.6. The van der Waals surface area contributed by atoms with Crippen LogP contribution in [0.15, 0.2) is 12.7 Å². The minimum absolute atomic E-state index is 0.0230. The summed E-state index contributed by atoms with van der Waals surface area (Å²) >= 11 is 0. The Morgan fingerprint density at radius 3 is 2.06 bits per heavy atom. The molecule has 1 aliphatic rings. The molecule has 0 aromatic rings. The number of nitrogens with zero attached hydrogens (tertiary/aromatic N) is 2. The number of hydrogen-bond donors (Lipinski definition) is 0. The van der Waals surface area contributed by atoms with E-state index in [4.69, 9.17) is 0 Å². The molecule has 3 nitrogen and oxygen atoms in total. The van der Waals surface area contributed by atoms with E-state index in [0.29, 0.717) is 0 Å². The van der Waals surface area contributed by atoms with Crippen LogP contribution < -0.4 is 0 Å². The highest BCUT2D eigenvalue weighted by molar-refractivity contribution is 5.86. The molecule has 0 atom stereocenters. The topological polar surface area (TPSA) is 23.6 Å². The van der Waals surface area contributed by atoms with Crippen molar-refractivity contribution in [3.8, 4) is 0 Å². The van der Waals surface area contributed by atoms with E-state index >= 15 is 0 Å². The molecular formula is C13H24N2O. The molecule has 16 heavy (non-hydrogen) atoms. The van der Waals surface area contributed by atoms with Crippen molar-refractivity contribution < 1.29 is 4.79 Å². The van der Waals surface area contributed by atoms with Gasteiger partial charge in [-0.2, -0.15) is 0 Å². The van der Waals surface area contributed by atoms with Gasteiger partial charge in [0.2, 0.25) is 0 Å². The maximum absolute atomic E-state index is 11.8. The van der Waals surface area contributed by atoms with Crippen LogP contribution in [0, 0.1) is 0 Å². The Morgan fingerprint density at radius 2 is 1.69 bits per heavy atom. The highest BCUT2D eigenvalue weighted by Gasteiger charge is 2.44. The predicted octanol–water partition coefficient (Wildman–Crippen LogP) is 2.59. The van der Waals surface area contributed by atoms with Crippen LogP contribution in [0.25, 0.3) is 0 Å². The van der Waals surface area contributed by atoms with Gasteiger partial charge in [0.1, 0.15) is 0 Å². The van der Waals surface area contributed by atoms with Gasteiger partial charge < -0.3 is 0 Å². The second-order valence-corrected chi connectivity index (χ2v) is 5.86. The van der Waals surface area contributed by atoms with E-state index in [1.54, 1.807) is 5.01 Å². The van der Waals surface area contributed by atoms with Gasteiger partial charge in [-0.3, -0.25) is 9.80 Å². The van der Waals surface area contributed by atoms with Crippen LogP contribution in [0.5, 0.6) is 0 Å². The third-order valence-corrected chi connectivity index (χ3v) is 3.52. The van der Waals surface area contributed by atoms with E-state index in [9.17, 15) is 4.79 Å². The van der Waals surface area contributed by atoms with Crippen molar-refractivity contribution >= 4 is 5.91 Å². The summed E-state index contributed by atoms with van der Waals surface area (Å²) in [6, 6.07) is 0. The van der Waals surface area contributed by atoms with Gasteiger partial charge in [-0.1, -0.05) is 6.58 Å². The van der Waals surface area contributed by atoms with Crippen molar-refractivity contribution in [2.75, 3.05) is 7.05 Å². The van der Waals surface area contributed by atoms with Gasteiger partial charge in [-0.15, -0.1) is 0 Å². The fourth-order valence-electron chi connectivity index (χ4n) is 3.03. The van der Waals surface area contributed by atoms with Crippen molar-refractivity contribution in [3.63, 3.8) is 0 Å². The second-order valence-electron chi connectivity index (χ2n) is 5.86. The first-order valence-corrected chi connectivity index (χ1v) is 5.93. The quantitative estimate of drug-likeness (QED) is 0.673. The number of hydrogen-bond acceptors (Lipinski definition) is 2. The minimum atomic E-state index is -0.0388. The number of amides is 1. The lowest BCUT2D eigenvalue weighted by Gasteiger charge is -2.55. The maximum Gasteiger partial charge on any atom is 0.260 e. The van der Waals surface area contributed by atoms with Gasteiger partial charge in [0.05, 0.1) is 0 Å². The maximum atomic E-state index is 11.8. The van der Waals surface area contributed by atoms with Gasteiger partial charge in [0, 0.05) is 18.1 Å². The monoisotopic (exact) mass is 224 g/mol. The fraction of sp³-hybridized carbons (Fsp3) is 0.769. The Hall–Kier alpha value is -0.830. The third-order valence-electron chi connectivity index (χ3n) is 3.52. The summed E-state index contributed by atoms with van der Waals surface area (Å²) in [5, 5.41) is 3.92. The first-order chi connectivity index (χ1) is 7.22. The van der Waals surface area contributed by atoms with Crippen molar-refractivity contribution in [1.29, 1.82) is 0 Å². The standard InChI is InChI=1S/C13H24N2O/c1-7-11(16)14(6)15-12(2,3)9-8-10-13(15,4)5/h7H,1,8-10H2,2-6H3. The number of likely N-dealkylation sites (N-methyl/N-ethyl adjacent to an activating group) is 1. The lowest BCUT2D eigenvalue weighted by molar-refractivity contribution is -0.183. The van der Waals surface area contributed by atoms with Crippen LogP contribution in [-0.4, -0.2) is 34.1 Å². The molecule has 1 rings (SSSR count). The Kier molecular flexibility index (Phi) is 3.48. The highest BCUT2D eigenvalue weighted by Crippen LogP contribution is 2.38. The number of rotatable bonds is 2. The summed E-state index contributed by atoms with van der Waals surface area (Å²) in [7, 11) is 1.83. The van der Waals surface area contributed by atoms with Gasteiger partial charge in [-0.05, 0) is 53.0 Å². The zero-order valence-corrected chi connectivity index (χ0v) is 11.2. The first-order valence-electron chi connectivity index (χ1n) is 5.93. The van der Waals surface area contributed by atoms with Crippen LogP contribution in [0.4, 0.5) is 0 Å². The van der Waals surface area contributed by atoms with E-state index in [0.717, 1.165) is 12.8 Å². The third kappa shape index (κ3) is 2.29. The molecule has 0 spiro atoms. The molecular weight excluding hydrogens is 200 g/mol. The molecule has 0 unspecified atom stereocenters. The summed E-state index contributed by atoms with van der Waals surface area (Å²) in [5.74, 6) is -0.0388. The Morgan fingerprint density at radius 1 is 1.25 bits per heavy atom. The van der Waals surface area contributed by atoms with Crippen LogP contribution in [-0.2, 0) is 4.79 Å². The van der Waals surface area contributed by atoms with E-state index in [-0.39, 0.29) is 17.0 Å². The van der Waals surface area contributed by atoms with Crippen molar-refractivity contribution in [2.24, 2.45) is 0 Å². The van der Waals surface area contributed by atoms with Crippen molar-refractivity contribution in [3.05, 3.63) is 12.7 Å². The van der Waals surface area contributed by atoms with Crippen LogP contribution in [0.3, 0.4) is 0 Å². The SMILES string of the molecule is C=CC(=O)N(C)N1C(C)(C)CCCC1(C)C. The highest BCUT2D eigenvalue weighted by atomic mass is 16.2. The van der Waals surface area contributed by atoms with Gasteiger partial charge in [0.15, 0.2) is 0 Å². The normalized spacial score (nSPS) is 23.8. The summed E-state index contributed by atoms with van der Waals surface area (Å²) in [4.78, 5) is 11.8. The molecule has 1 saturated heterocycles. The number of piperidine rings is 1. The predicted molar refractivity (Wildman–Crippen MR) is 66.8 cm³/mol. The molecule has 0 N–H and O–H groups in total. The van der Waals surface area contributed by atoms with Gasteiger partial charge in [-0.25, -0.2) is 5.01 Å². The molecule has 3 heteroatoms. The molecule has 0 saturated carbocycles. The van der Waals surface area contributed by atoms with Crippen LogP contribution >= 0.6 is 0 Å². The molecule has 0 aromatic heterocycles. The van der Waals surface area contributed by atoms with E-state index in [2.05, 4.69) is 39.3 Å². The van der Waals surface area contributed by atoms with Gasteiger partial charge in [0.25, 0.3) is 5.91 Å². The van der Waals surface area contributed by atoms with Crippen LogP contribution in [0.2, 0.25) is 0 Å². The second kappa shape index (κ2) is 4.21. The van der Waals surface area contributed by atoms with Crippen molar-refractivity contribution in [2.45, 2.75) is 58.0 Å². The van der Waals surface area contributed by atoms with E-state index < -0.39 is 0 Å². The van der Waals surface area contributed by atoms with Crippen molar-refractivity contribution in [1.82, 2.24) is 10.0 Å². The number of carbonyl (C=O) groups excluding carboxylic acids is 1. The van der Waals surface area contributed by atoms with E-state index in [1.807, 2.05) is 7.05 Å². The molecule has 0 bridgehead atoms. The largest absolute Gasteiger partial charge is 0.274 e. The molecule has 1 heterocycles. The van der Waals surface area contributed by atoms with Gasteiger partial charge >= 0.3 is 0 Å². The Balaban J connectivity index is 3.03. The lowest BCUT2D eigenvalue weighted by atomic mass is 9.81.